The van der Waals surface area contributed by atoms with Gasteiger partial charge in [0.15, 0.2) is 0 Å². The Morgan fingerprint density at radius 2 is 2.27 bits per heavy atom. The highest BCUT2D eigenvalue weighted by Crippen LogP contribution is 2.02. The number of hydrogen-bond donors (Lipinski definition) is 1. The molecule has 0 aliphatic carbocycles. The molecule has 1 unspecified atom stereocenters. The molecular weight excluding hydrogens is 201 g/mol. The van der Waals surface area contributed by atoms with E-state index in [4.69, 9.17) is 9.47 Å². The van der Waals surface area contributed by atoms with Crippen molar-refractivity contribution in [3.8, 4) is 0 Å². The first-order valence-electron chi connectivity index (χ1n) is 4.49. The topological polar surface area (TPSA) is 56.3 Å². The number of nitrogens with zero attached hydrogens (tertiary/aromatic N) is 2. The van der Waals surface area contributed by atoms with Gasteiger partial charge in [-0.1, -0.05) is 0 Å². The van der Waals surface area contributed by atoms with Gasteiger partial charge >= 0.3 is 0 Å². The molecule has 0 aliphatic rings. The maximum Gasteiger partial charge on any atom is 0.217 e. The fourth-order valence-electron chi connectivity index (χ4n) is 1.04. The van der Waals surface area contributed by atoms with E-state index in [-0.39, 0.29) is 6.10 Å². The molecule has 0 bridgehead atoms. The lowest BCUT2D eigenvalue weighted by Crippen LogP contribution is -2.26. The maximum atomic E-state index is 12.7. The van der Waals surface area contributed by atoms with Crippen LogP contribution in [0.1, 0.15) is 0 Å². The van der Waals surface area contributed by atoms with Gasteiger partial charge in [0.2, 0.25) is 5.95 Å². The first-order valence-corrected chi connectivity index (χ1v) is 4.49. The van der Waals surface area contributed by atoms with Gasteiger partial charge in [-0.05, 0) is 0 Å². The minimum absolute atomic E-state index is 0.0898. The molecular formula is C9H14FN3O2. The summed E-state index contributed by atoms with van der Waals surface area (Å²) < 4.78 is 22.7. The van der Waals surface area contributed by atoms with E-state index >= 15 is 0 Å². The molecule has 1 aromatic heterocycles. The largest absolute Gasteiger partial charge is 0.382 e. The quantitative estimate of drug-likeness (QED) is 0.707. The molecule has 0 spiro atoms. The van der Waals surface area contributed by atoms with Crippen LogP contribution in [-0.4, -0.2) is 43.4 Å². The first-order chi connectivity index (χ1) is 7.26. The molecule has 84 valence electrons. The van der Waals surface area contributed by atoms with Crippen molar-refractivity contribution in [3.63, 3.8) is 0 Å². The van der Waals surface area contributed by atoms with E-state index in [1.807, 2.05) is 0 Å². The number of aromatic nitrogens is 2. The Hall–Kier alpha value is -1.27. The van der Waals surface area contributed by atoms with Gasteiger partial charge in [-0.25, -0.2) is 9.97 Å². The predicted octanol–water partition coefficient (Wildman–Crippen LogP) is 0.689. The van der Waals surface area contributed by atoms with Crippen molar-refractivity contribution in [2.24, 2.45) is 0 Å². The molecule has 1 heterocycles. The molecule has 0 saturated carbocycles. The van der Waals surface area contributed by atoms with E-state index in [0.717, 1.165) is 6.33 Å². The highest BCUT2D eigenvalue weighted by molar-refractivity contribution is 5.32. The summed E-state index contributed by atoms with van der Waals surface area (Å²) in [6.07, 6.45) is 1.07. The number of anilines is 1. The van der Waals surface area contributed by atoms with Crippen molar-refractivity contribution in [1.29, 1.82) is 0 Å². The summed E-state index contributed by atoms with van der Waals surface area (Å²) in [6.45, 7) is 0.970. The van der Waals surface area contributed by atoms with Crippen molar-refractivity contribution in [3.05, 3.63) is 18.3 Å². The fourth-order valence-corrected chi connectivity index (χ4v) is 1.04. The third-order valence-corrected chi connectivity index (χ3v) is 1.83. The second kappa shape index (κ2) is 6.26. The number of hydrogen-bond acceptors (Lipinski definition) is 5. The van der Waals surface area contributed by atoms with Crippen LogP contribution in [0.25, 0.3) is 0 Å². The maximum absolute atomic E-state index is 12.7. The van der Waals surface area contributed by atoms with Crippen molar-refractivity contribution in [2.45, 2.75) is 6.10 Å². The summed E-state index contributed by atoms with van der Waals surface area (Å²) in [5, 5.41) is 2.93. The summed E-state index contributed by atoms with van der Waals surface area (Å²) in [4.78, 5) is 7.20. The van der Waals surface area contributed by atoms with E-state index in [1.54, 1.807) is 14.2 Å². The standard InChI is InChI=1S/C9H14FN3O2/c1-14-5-7(15-2)4-11-9-3-8(10)12-6-13-9/h3,6-7H,4-5H2,1-2H3,(H,11,12,13). The van der Waals surface area contributed by atoms with Gasteiger partial charge in [0.1, 0.15) is 12.1 Å². The second-order valence-electron chi connectivity index (χ2n) is 2.92. The Balaban J connectivity index is 2.41. The average molecular weight is 215 g/mol. The van der Waals surface area contributed by atoms with Crippen molar-refractivity contribution in [2.75, 3.05) is 32.7 Å². The highest BCUT2D eigenvalue weighted by atomic mass is 19.1. The van der Waals surface area contributed by atoms with Crippen LogP contribution in [0.2, 0.25) is 0 Å². The van der Waals surface area contributed by atoms with Crippen LogP contribution in [0.15, 0.2) is 12.4 Å². The molecule has 1 N–H and O–H groups in total. The summed E-state index contributed by atoms with van der Waals surface area (Å²) in [5.74, 6) is -0.131. The molecule has 6 heteroatoms. The molecule has 0 radical (unpaired) electrons. The summed E-state index contributed by atoms with van der Waals surface area (Å²) in [7, 11) is 3.18. The summed E-state index contributed by atoms with van der Waals surface area (Å²) in [5.41, 5.74) is 0. The monoisotopic (exact) mass is 215 g/mol. The van der Waals surface area contributed by atoms with Crippen LogP contribution >= 0.6 is 0 Å². The highest BCUT2D eigenvalue weighted by Gasteiger charge is 2.06. The molecule has 1 atom stereocenters. The normalized spacial score (nSPS) is 12.5. The van der Waals surface area contributed by atoms with E-state index in [0.29, 0.717) is 19.0 Å². The lowest BCUT2D eigenvalue weighted by molar-refractivity contribution is 0.0365. The van der Waals surface area contributed by atoms with Gasteiger partial charge in [0.05, 0.1) is 12.7 Å². The molecule has 0 fully saturated rings. The average Bonchev–Trinajstić information content (AvgIpc) is 2.24. The number of rotatable bonds is 6. The molecule has 1 aromatic rings. The number of methoxy groups -OCH3 is 2. The third-order valence-electron chi connectivity index (χ3n) is 1.83. The molecule has 0 aliphatic heterocycles. The third kappa shape index (κ3) is 4.18. The number of ether oxygens (including phenoxy) is 2. The van der Waals surface area contributed by atoms with Crippen LogP contribution in [0, 0.1) is 5.95 Å². The van der Waals surface area contributed by atoms with Gasteiger partial charge in [-0.3, -0.25) is 0 Å². The first kappa shape index (κ1) is 11.8. The summed E-state index contributed by atoms with van der Waals surface area (Å²) in [6, 6.07) is 1.22. The molecule has 0 aromatic carbocycles. The zero-order valence-corrected chi connectivity index (χ0v) is 8.74. The minimum atomic E-state index is -0.562. The predicted molar refractivity (Wildman–Crippen MR) is 53.2 cm³/mol. The van der Waals surface area contributed by atoms with E-state index < -0.39 is 5.95 Å². The smallest absolute Gasteiger partial charge is 0.217 e. The SMILES string of the molecule is COCC(CNc1cc(F)ncn1)OC. The van der Waals surface area contributed by atoms with Gasteiger partial charge in [-0.2, -0.15) is 4.39 Å². The van der Waals surface area contributed by atoms with Gasteiger partial charge < -0.3 is 14.8 Å². The van der Waals surface area contributed by atoms with Gasteiger partial charge in [0, 0.05) is 26.8 Å². The molecule has 0 saturated heterocycles. The number of nitrogens with one attached hydrogen (secondary N) is 1. The summed E-state index contributed by atoms with van der Waals surface area (Å²) >= 11 is 0. The van der Waals surface area contributed by atoms with E-state index in [9.17, 15) is 4.39 Å². The molecule has 15 heavy (non-hydrogen) atoms. The van der Waals surface area contributed by atoms with Crippen LogP contribution in [-0.2, 0) is 9.47 Å². The number of halogens is 1. The Bertz CT molecular complexity index is 298. The Morgan fingerprint density at radius 3 is 2.87 bits per heavy atom. The lowest BCUT2D eigenvalue weighted by Gasteiger charge is -2.14. The van der Waals surface area contributed by atoms with Crippen LogP contribution in [0.3, 0.4) is 0 Å². The van der Waals surface area contributed by atoms with E-state index in [1.165, 1.54) is 6.07 Å². The molecule has 0 amide bonds. The zero-order valence-electron chi connectivity index (χ0n) is 8.74. The Morgan fingerprint density at radius 1 is 1.47 bits per heavy atom. The van der Waals surface area contributed by atoms with Crippen LogP contribution in [0.5, 0.6) is 0 Å². The van der Waals surface area contributed by atoms with Crippen LogP contribution < -0.4 is 5.32 Å². The van der Waals surface area contributed by atoms with E-state index in [2.05, 4.69) is 15.3 Å². The van der Waals surface area contributed by atoms with Gasteiger partial charge in [0.25, 0.3) is 0 Å². The zero-order chi connectivity index (χ0) is 11.1. The van der Waals surface area contributed by atoms with Crippen LogP contribution in [0.4, 0.5) is 10.2 Å². The van der Waals surface area contributed by atoms with Gasteiger partial charge in [-0.15, -0.1) is 0 Å². The Kier molecular flexibility index (Phi) is 4.92. The Labute approximate surface area is 87.6 Å². The second-order valence-corrected chi connectivity index (χ2v) is 2.92. The molecule has 5 nitrogen and oxygen atoms in total. The van der Waals surface area contributed by atoms with Crippen molar-refractivity contribution in [1.82, 2.24) is 9.97 Å². The minimum Gasteiger partial charge on any atom is -0.382 e. The molecule has 1 rings (SSSR count). The van der Waals surface area contributed by atoms with Crippen molar-refractivity contribution >= 4 is 5.82 Å². The van der Waals surface area contributed by atoms with Crippen molar-refractivity contribution < 1.29 is 13.9 Å². The fraction of sp³-hybridized carbons (Fsp3) is 0.556. The lowest BCUT2D eigenvalue weighted by atomic mass is 10.3.